The fraction of sp³-hybridized carbons (Fsp3) is 0.833. The molecule has 0 unspecified atom stereocenters. The van der Waals surface area contributed by atoms with Crippen molar-refractivity contribution in [1.29, 1.82) is 0 Å². The van der Waals surface area contributed by atoms with Crippen LogP contribution >= 0.6 is 0 Å². The molecule has 6 heteroatoms. The highest BCUT2D eigenvalue weighted by atomic mass is 32.2. The lowest BCUT2D eigenvalue weighted by Gasteiger charge is -2.21. The van der Waals surface area contributed by atoms with Crippen molar-refractivity contribution in [2.75, 3.05) is 0 Å². The Balaban J connectivity index is 4.56. The van der Waals surface area contributed by atoms with Gasteiger partial charge >= 0.3 is 0 Å². The molecule has 0 fully saturated rings. The molecule has 0 spiro atoms. The van der Waals surface area contributed by atoms with Crippen molar-refractivity contribution >= 4 is 16.0 Å². The van der Waals surface area contributed by atoms with Gasteiger partial charge in [0.05, 0.1) is 0 Å². The molecule has 12 heavy (non-hydrogen) atoms. The number of hydrogen-bond donors (Lipinski definition) is 2. The molecule has 2 N–H and O–H groups in total. The average molecular weight is 195 g/mol. The summed E-state index contributed by atoms with van der Waals surface area (Å²) in [6.45, 7) is 4.03. The summed E-state index contributed by atoms with van der Waals surface area (Å²) in [5.41, 5.74) is 0. The quantitative estimate of drug-likeness (QED) is 0.627. The van der Waals surface area contributed by atoms with Crippen LogP contribution in [0.25, 0.3) is 0 Å². The Hall–Kier alpha value is -0.620. The van der Waals surface area contributed by atoms with Gasteiger partial charge in [0.2, 0.25) is 5.91 Å². The van der Waals surface area contributed by atoms with Crippen LogP contribution in [-0.2, 0) is 14.9 Å². The van der Waals surface area contributed by atoms with Crippen LogP contribution in [0.3, 0.4) is 0 Å². The summed E-state index contributed by atoms with van der Waals surface area (Å²) < 4.78 is 29.9. The van der Waals surface area contributed by atoms with Gasteiger partial charge in [-0.25, -0.2) is 0 Å². The second-order valence-corrected chi connectivity index (χ2v) is 4.86. The van der Waals surface area contributed by atoms with E-state index in [9.17, 15) is 13.2 Å². The summed E-state index contributed by atoms with van der Waals surface area (Å²) in [7, 11) is -4.24. The summed E-state index contributed by atoms with van der Waals surface area (Å²) in [6.07, 6.45) is 0.180. The number of carbonyl (C=O) groups excluding carboxylic acids is 1. The van der Waals surface area contributed by atoms with E-state index in [1.54, 1.807) is 6.92 Å². The second-order valence-electron chi connectivity index (χ2n) is 2.89. The molecule has 0 bridgehead atoms. The number of nitrogens with one attached hydrogen (secondary N) is 1. The van der Waals surface area contributed by atoms with Crippen LogP contribution < -0.4 is 5.32 Å². The predicted molar refractivity (Wildman–Crippen MR) is 44.1 cm³/mol. The molecule has 0 heterocycles. The Morgan fingerprint density at radius 1 is 1.50 bits per heavy atom. The average Bonchev–Trinajstić information content (AvgIpc) is 1.84. The minimum atomic E-state index is -4.24. The maximum atomic E-state index is 10.8. The maximum absolute atomic E-state index is 10.8. The first-order valence-electron chi connectivity index (χ1n) is 3.48. The van der Waals surface area contributed by atoms with Gasteiger partial charge in [-0.05, 0) is 13.8 Å². The number of amides is 1. The van der Waals surface area contributed by atoms with E-state index in [4.69, 9.17) is 4.55 Å². The molecule has 0 saturated carbocycles. The lowest BCUT2D eigenvalue weighted by Crippen LogP contribution is -2.49. The Kier molecular flexibility index (Phi) is 3.23. The monoisotopic (exact) mass is 195 g/mol. The van der Waals surface area contributed by atoms with Crippen LogP contribution in [0.15, 0.2) is 0 Å². The van der Waals surface area contributed by atoms with E-state index >= 15 is 0 Å². The van der Waals surface area contributed by atoms with Crippen LogP contribution in [0.1, 0.15) is 27.2 Å². The first-order valence-corrected chi connectivity index (χ1v) is 4.92. The van der Waals surface area contributed by atoms with Crippen LogP contribution in [0.4, 0.5) is 0 Å². The normalized spacial score (nSPS) is 12.7. The lowest BCUT2D eigenvalue weighted by atomic mass is 10.3. The third-order valence-electron chi connectivity index (χ3n) is 1.41. The zero-order valence-electron chi connectivity index (χ0n) is 7.29. The molecule has 0 aliphatic rings. The number of carbonyl (C=O) groups is 1. The molecule has 0 aliphatic heterocycles. The summed E-state index contributed by atoms with van der Waals surface area (Å²) in [6, 6.07) is 0. The van der Waals surface area contributed by atoms with Crippen LogP contribution in [0.5, 0.6) is 0 Å². The standard InChI is InChI=1S/C6H13NO4S/c1-4-5(8)7-6(2,3)12(9,10)11/h4H2,1-3H3,(H,7,8)(H,9,10,11). The highest BCUT2D eigenvalue weighted by Crippen LogP contribution is 2.10. The van der Waals surface area contributed by atoms with Gasteiger partial charge in [0, 0.05) is 6.42 Å². The van der Waals surface area contributed by atoms with E-state index in [0.717, 1.165) is 0 Å². The molecule has 0 radical (unpaired) electrons. The fourth-order valence-corrected chi connectivity index (χ4v) is 0.731. The first kappa shape index (κ1) is 11.4. The van der Waals surface area contributed by atoms with E-state index in [1.807, 2.05) is 0 Å². The van der Waals surface area contributed by atoms with Gasteiger partial charge in [0.25, 0.3) is 10.1 Å². The molecule has 0 aromatic carbocycles. The van der Waals surface area contributed by atoms with Crippen LogP contribution in [-0.4, -0.2) is 23.7 Å². The molecule has 0 aromatic heterocycles. The van der Waals surface area contributed by atoms with Gasteiger partial charge in [-0.1, -0.05) is 6.92 Å². The van der Waals surface area contributed by atoms with Crippen molar-refractivity contribution in [3.8, 4) is 0 Å². The molecule has 72 valence electrons. The van der Waals surface area contributed by atoms with Gasteiger partial charge in [-0.3, -0.25) is 9.35 Å². The molecule has 0 saturated heterocycles. The van der Waals surface area contributed by atoms with Gasteiger partial charge in [-0.15, -0.1) is 0 Å². The van der Waals surface area contributed by atoms with Crippen molar-refractivity contribution in [3.63, 3.8) is 0 Å². The molecule has 0 rings (SSSR count). The zero-order chi connectivity index (χ0) is 9.99. The van der Waals surface area contributed by atoms with Crippen molar-refractivity contribution in [2.45, 2.75) is 32.1 Å². The molecule has 5 nitrogen and oxygen atoms in total. The highest BCUT2D eigenvalue weighted by Gasteiger charge is 2.33. The number of rotatable bonds is 3. The van der Waals surface area contributed by atoms with E-state index in [1.165, 1.54) is 13.8 Å². The van der Waals surface area contributed by atoms with Gasteiger partial charge in [0.1, 0.15) is 0 Å². The van der Waals surface area contributed by atoms with Gasteiger partial charge < -0.3 is 5.32 Å². The Morgan fingerprint density at radius 2 is 1.92 bits per heavy atom. The third-order valence-corrected chi connectivity index (χ3v) is 2.80. The lowest BCUT2D eigenvalue weighted by molar-refractivity contribution is -0.121. The predicted octanol–water partition coefficient (Wildman–Crippen LogP) is 0.137. The second kappa shape index (κ2) is 3.40. The largest absolute Gasteiger partial charge is 0.336 e. The van der Waals surface area contributed by atoms with Gasteiger partial charge in [-0.2, -0.15) is 8.42 Å². The van der Waals surface area contributed by atoms with Crippen molar-refractivity contribution in [1.82, 2.24) is 5.32 Å². The Labute approximate surface area is 71.9 Å². The number of hydrogen-bond acceptors (Lipinski definition) is 3. The summed E-state index contributed by atoms with van der Waals surface area (Å²) in [5, 5.41) is 2.17. The van der Waals surface area contributed by atoms with Crippen LogP contribution in [0.2, 0.25) is 0 Å². The first-order chi connectivity index (χ1) is 5.20. The minimum absolute atomic E-state index is 0.180. The van der Waals surface area contributed by atoms with Crippen LogP contribution in [0, 0.1) is 0 Å². The van der Waals surface area contributed by atoms with Crippen molar-refractivity contribution < 1.29 is 17.8 Å². The molecule has 0 atom stereocenters. The molecular weight excluding hydrogens is 182 g/mol. The maximum Gasteiger partial charge on any atom is 0.288 e. The minimum Gasteiger partial charge on any atom is -0.336 e. The van der Waals surface area contributed by atoms with Crippen molar-refractivity contribution in [3.05, 3.63) is 0 Å². The smallest absolute Gasteiger partial charge is 0.288 e. The Morgan fingerprint density at radius 3 is 2.17 bits per heavy atom. The van der Waals surface area contributed by atoms with E-state index < -0.39 is 20.9 Å². The zero-order valence-corrected chi connectivity index (χ0v) is 8.10. The summed E-state index contributed by atoms with van der Waals surface area (Å²) in [5.74, 6) is -0.419. The molecule has 1 amide bonds. The van der Waals surface area contributed by atoms with Crippen molar-refractivity contribution in [2.24, 2.45) is 0 Å². The fourth-order valence-electron chi connectivity index (χ4n) is 0.489. The molecule has 0 aromatic rings. The topological polar surface area (TPSA) is 83.5 Å². The highest BCUT2D eigenvalue weighted by molar-refractivity contribution is 7.87. The Bertz CT molecular complexity index is 267. The van der Waals surface area contributed by atoms with Gasteiger partial charge in [0.15, 0.2) is 4.87 Å². The third kappa shape index (κ3) is 2.78. The summed E-state index contributed by atoms with van der Waals surface area (Å²) in [4.78, 5) is 9.18. The van der Waals surface area contributed by atoms with E-state index in [-0.39, 0.29) is 6.42 Å². The van der Waals surface area contributed by atoms with E-state index in [0.29, 0.717) is 0 Å². The van der Waals surface area contributed by atoms with E-state index in [2.05, 4.69) is 5.32 Å². The molecule has 0 aliphatic carbocycles. The molecular formula is C6H13NO4S. The summed E-state index contributed by atoms with van der Waals surface area (Å²) >= 11 is 0. The SMILES string of the molecule is CCC(=O)NC(C)(C)S(=O)(=O)O.